The van der Waals surface area contributed by atoms with Gasteiger partial charge in [0.1, 0.15) is 17.3 Å². The molecule has 4 aromatic rings. The first-order chi connectivity index (χ1) is 26.2. The molecule has 1 N–H and O–H groups in total. The molecule has 1 aromatic heterocycles. The molecule has 1 aliphatic rings. The van der Waals surface area contributed by atoms with E-state index in [1.807, 2.05) is 36.4 Å². The monoisotopic (exact) mass is 761 g/mol. The molecule has 2 heterocycles. The molecule has 1 fully saturated rings. The van der Waals surface area contributed by atoms with Crippen molar-refractivity contribution in [3.63, 3.8) is 0 Å². The van der Waals surface area contributed by atoms with Gasteiger partial charge >= 0.3 is 6.09 Å². The number of benzene rings is 3. The molecule has 1 amide bonds. The average molecular weight is 762 g/mol. The van der Waals surface area contributed by atoms with Gasteiger partial charge in [-0.15, -0.1) is 0 Å². The number of hydrogen-bond donors (Lipinski definition) is 1. The second-order valence-corrected chi connectivity index (χ2v) is 20.7. The molecular formula is C42H59N3O8Si. The van der Waals surface area contributed by atoms with Gasteiger partial charge in [-0.05, 0) is 48.7 Å². The van der Waals surface area contributed by atoms with E-state index in [-0.39, 0.29) is 12.0 Å². The zero-order chi connectivity index (χ0) is 38.3. The van der Waals surface area contributed by atoms with Crippen LogP contribution < -0.4 is 9.47 Å². The predicted molar refractivity (Wildman–Crippen MR) is 214 cm³/mol. The Morgan fingerprint density at radius 2 is 1.67 bits per heavy atom. The number of carboxylic acid groups (broad SMARTS) is 1. The van der Waals surface area contributed by atoms with Crippen molar-refractivity contribution in [2.24, 2.45) is 0 Å². The van der Waals surface area contributed by atoms with Crippen molar-refractivity contribution in [2.45, 2.75) is 83.1 Å². The summed E-state index contributed by atoms with van der Waals surface area (Å²) < 4.78 is 37.6. The molecule has 0 spiro atoms. The Kier molecular flexibility index (Phi) is 15.8. The van der Waals surface area contributed by atoms with Crippen LogP contribution >= 0.6 is 0 Å². The van der Waals surface area contributed by atoms with E-state index in [0.29, 0.717) is 59.2 Å². The number of fused-ring (bicyclic) bond motifs is 1. The number of imidazole rings is 1. The summed E-state index contributed by atoms with van der Waals surface area (Å²) in [6, 6.07) is 23.3. The van der Waals surface area contributed by atoms with E-state index >= 15 is 0 Å². The van der Waals surface area contributed by atoms with Gasteiger partial charge < -0.3 is 43.0 Å². The Morgan fingerprint density at radius 1 is 0.870 bits per heavy atom. The highest BCUT2D eigenvalue weighted by Gasteiger charge is 2.33. The van der Waals surface area contributed by atoms with Crippen molar-refractivity contribution in [1.82, 2.24) is 14.5 Å². The number of likely N-dealkylation sites (tertiary alicyclic amines) is 1. The zero-order valence-electron chi connectivity index (χ0n) is 32.8. The lowest BCUT2D eigenvalue weighted by Gasteiger charge is -2.37. The molecule has 12 heteroatoms. The Morgan fingerprint density at radius 3 is 2.43 bits per heavy atom. The van der Waals surface area contributed by atoms with E-state index in [0.717, 1.165) is 83.5 Å². The van der Waals surface area contributed by atoms with Crippen LogP contribution in [0.15, 0.2) is 66.7 Å². The van der Waals surface area contributed by atoms with Gasteiger partial charge in [-0.3, -0.25) is 0 Å². The number of carbonyl (C=O) groups is 1. The van der Waals surface area contributed by atoms with E-state index in [1.54, 1.807) is 14.2 Å². The summed E-state index contributed by atoms with van der Waals surface area (Å²) in [4.78, 5) is 18.6. The van der Waals surface area contributed by atoms with Gasteiger partial charge in [0.2, 0.25) is 0 Å². The molecule has 5 rings (SSSR count). The molecule has 0 radical (unpaired) electrons. The van der Waals surface area contributed by atoms with Crippen molar-refractivity contribution in [3.8, 4) is 11.5 Å². The number of methoxy groups -OCH3 is 2. The van der Waals surface area contributed by atoms with Crippen LogP contribution in [-0.2, 0) is 45.1 Å². The lowest BCUT2D eigenvalue weighted by atomic mass is 9.87. The van der Waals surface area contributed by atoms with Crippen molar-refractivity contribution < 1.29 is 38.3 Å². The van der Waals surface area contributed by atoms with Crippen LogP contribution in [0, 0.1) is 0 Å². The fraction of sp³-hybridized carbons (Fsp3) is 0.524. The Hall–Kier alpha value is -3.94. The normalized spacial score (nSPS) is 16.2. The fourth-order valence-electron chi connectivity index (χ4n) is 6.82. The van der Waals surface area contributed by atoms with E-state index in [1.165, 1.54) is 4.90 Å². The molecule has 294 valence electrons. The smallest absolute Gasteiger partial charge is 0.407 e. The number of nitrogens with zero attached hydrogens (tertiary/aromatic N) is 3. The molecule has 0 aliphatic carbocycles. The van der Waals surface area contributed by atoms with Crippen LogP contribution in [-0.4, -0.2) is 100 Å². The third-order valence-corrected chi connectivity index (χ3v) is 11.6. The summed E-state index contributed by atoms with van der Waals surface area (Å²) in [7, 11) is 2.23. The summed E-state index contributed by atoms with van der Waals surface area (Å²) in [5.74, 6) is 2.66. The number of rotatable bonds is 22. The van der Waals surface area contributed by atoms with Gasteiger partial charge in [-0.25, -0.2) is 9.78 Å². The number of piperidine rings is 1. The molecular weight excluding hydrogens is 703 g/mol. The van der Waals surface area contributed by atoms with Crippen LogP contribution in [0.5, 0.6) is 11.5 Å². The maximum Gasteiger partial charge on any atom is 0.407 e. The minimum atomic E-state index is -1.16. The van der Waals surface area contributed by atoms with Crippen LogP contribution in [0.3, 0.4) is 0 Å². The summed E-state index contributed by atoms with van der Waals surface area (Å²) in [6.07, 6.45) is 1.85. The first-order valence-electron chi connectivity index (χ1n) is 19.2. The van der Waals surface area contributed by atoms with Gasteiger partial charge in [0.15, 0.2) is 0 Å². The van der Waals surface area contributed by atoms with Crippen molar-refractivity contribution >= 4 is 25.2 Å². The van der Waals surface area contributed by atoms with E-state index in [2.05, 4.69) is 54.5 Å². The second-order valence-electron chi connectivity index (χ2n) is 15.1. The number of aryl methyl sites for hydroxylation is 1. The molecule has 2 atom stereocenters. The quantitative estimate of drug-likeness (QED) is 0.0629. The molecule has 1 saturated heterocycles. The van der Waals surface area contributed by atoms with Crippen molar-refractivity contribution in [1.29, 1.82) is 0 Å². The molecule has 3 aromatic carbocycles. The highest BCUT2D eigenvalue weighted by Crippen LogP contribution is 2.33. The van der Waals surface area contributed by atoms with Crippen molar-refractivity contribution in [3.05, 3.63) is 89.2 Å². The Bertz CT molecular complexity index is 1740. The molecule has 0 saturated carbocycles. The predicted octanol–water partition coefficient (Wildman–Crippen LogP) is 8.02. The number of hydrogen-bond acceptors (Lipinski definition) is 8. The number of ether oxygens (including phenoxy) is 6. The maximum absolute atomic E-state index is 12.0. The average Bonchev–Trinajstić information content (AvgIpc) is 3.52. The summed E-state index contributed by atoms with van der Waals surface area (Å²) >= 11 is 0. The summed E-state index contributed by atoms with van der Waals surface area (Å²) in [5, 5.41) is 9.87. The lowest BCUT2D eigenvalue weighted by Crippen LogP contribution is -2.46. The van der Waals surface area contributed by atoms with E-state index in [4.69, 9.17) is 33.4 Å². The molecule has 1 aliphatic heterocycles. The van der Waals surface area contributed by atoms with Crippen LogP contribution in [0.25, 0.3) is 11.0 Å². The topological polar surface area (TPSA) is 114 Å². The highest BCUT2D eigenvalue weighted by atomic mass is 28.3. The van der Waals surface area contributed by atoms with Gasteiger partial charge in [-0.2, -0.15) is 0 Å². The Balaban J connectivity index is 1.20. The minimum Gasteiger partial charge on any atom is -0.496 e. The van der Waals surface area contributed by atoms with E-state index < -0.39 is 14.2 Å². The van der Waals surface area contributed by atoms with Crippen LogP contribution in [0.2, 0.25) is 25.7 Å². The summed E-state index contributed by atoms with van der Waals surface area (Å²) in [6.45, 7) is 12.6. The molecule has 2 unspecified atom stereocenters. The van der Waals surface area contributed by atoms with Crippen LogP contribution in [0.4, 0.5) is 4.79 Å². The lowest BCUT2D eigenvalue weighted by molar-refractivity contribution is -0.0196. The first-order valence-corrected chi connectivity index (χ1v) is 22.9. The second kappa shape index (κ2) is 20.7. The maximum atomic E-state index is 12.0. The Labute approximate surface area is 321 Å². The zero-order valence-corrected chi connectivity index (χ0v) is 33.8. The number of aromatic nitrogens is 2. The third kappa shape index (κ3) is 12.0. The SMILES string of the molecule is COCCCc1nc2c(COC3CN(C(=O)O)CCC3c3ccc(OCCCOCc4ccccc4OC)cc3)cccc2n1CCOCC[Si](C)(C)C. The largest absolute Gasteiger partial charge is 0.496 e. The number of para-hydroxylation sites is 2. The van der Waals surface area contributed by atoms with Gasteiger partial charge in [-0.1, -0.05) is 62.1 Å². The third-order valence-electron chi connectivity index (χ3n) is 9.89. The molecule has 54 heavy (non-hydrogen) atoms. The molecule has 0 bridgehead atoms. The van der Waals surface area contributed by atoms with E-state index in [9.17, 15) is 9.90 Å². The number of amides is 1. The van der Waals surface area contributed by atoms with Gasteiger partial charge in [0, 0.05) is 71.4 Å². The molecule has 11 nitrogen and oxygen atoms in total. The van der Waals surface area contributed by atoms with Crippen LogP contribution in [0.1, 0.15) is 47.7 Å². The summed E-state index contributed by atoms with van der Waals surface area (Å²) in [5.41, 5.74) is 5.09. The minimum absolute atomic E-state index is 0.0349. The fourth-order valence-corrected chi connectivity index (χ4v) is 7.58. The van der Waals surface area contributed by atoms with Crippen molar-refractivity contribution in [2.75, 3.05) is 60.3 Å². The first kappa shape index (κ1) is 41.2. The van der Waals surface area contributed by atoms with Gasteiger partial charge in [0.25, 0.3) is 0 Å². The van der Waals surface area contributed by atoms with Gasteiger partial charge in [0.05, 0.1) is 63.8 Å². The standard InChI is InChI=1S/C42H59N3O8Si/c1-48-23-9-15-40-43-41-34(12-8-13-37(41)45(40)22-26-50-27-28-54(3,4)5)31-53-39-29-44(42(46)47)21-20-36(39)32-16-18-35(19-17-32)52-25-10-24-51-30-33-11-6-7-14-38(33)49-2/h6-8,11-14,16-19,36,39H,9-10,15,20-31H2,1-5H3,(H,46,47). The highest BCUT2D eigenvalue weighted by molar-refractivity contribution is 6.76.